The first-order chi connectivity index (χ1) is 6.20. The molecule has 13 heavy (non-hydrogen) atoms. The van der Waals surface area contributed by atoms with Crippen LogP contribution in [0.2, 0.25) is 0 Å². The fraction of sp³-hybridized carbons (Fsp3) is 0.400. The minimum atomic E-state index is -0.181. The van der Waals surface area contributed by atoms with Crippen LogP contribution in [0.4, 0.5) is 10.1 Å². The largest absolute Gasteiger partial charge is 0.327 e. The van der Waals surface area contributed by atoms with E-state index < -0.39 is 0 Å². The van der Waals surface area contributed by atoms with Crippen LogP contribution in [0.25, 0.3) is 0 Å². The van der Waals surface area contributed by atoms with Crippen molar-refractivity contribution in [2.24, 2.45) is 0 Å². The van der Waals surface area contributed by atoms with Crippen molar-refractivity contribution in [3.05, 3.63) is 30.1 Å². The number of nitrogens with one attached hydrogen (secondary N) is 1. The van der Waals surface area contributed by atoms with Gasteiger partial charge in [0.1, 0.15) is 5.82 Å². The maximum Gasteiger partial charge on any atom is 0.147 e. The third kappa shape index (κ3) is 2.15. The summed E-state index contributed by atoms with van der Waals surface area (Å²) in [4.78, 5) is 0. The number of para-hydroxylation sites is 1. The van der Waals surface area contributed by atoms with Gasteiger partial charge in [0.05, 0.1) is 5.69 Å². The summed E-state index contributed by atoms with van der Waals surface area (Å²) in [5, 5.41) is 0. The van der Waals surface area contributed by atoms with Crippen molar-refractivity contribution in [2.75, 3.05) is 4.72 Å². The SMILES string of the molecule is CC1(SNc2ccccc2F)CC1. The Hall–Kier alpha value is -0.700. The van der Waals surface area contributed by atoms with Gasteiger partial charge >= 0.3 is 0 Å². The Morgan fingerprint density at radius 2 is 2.08 bits per heavy atom. The second kappa shape index (κ2) is 3.22. The molecule has 0 radical (unpaired) electrons. The van der Waals surface area contributed by atoms with Gasteiger partial charge in [-0.05, 0) is 43.8 Å². The number of anilines is 1. The Bertz CT molecular complexity index is 310. The molecule has 1 aromatic carbocycles. The van der Waals surface area contributed by atoms with Gasteiger partial charge in [-0.15, -0.1) is 0 Å². The van der Waals surface area contributed by atoms with Crippen LogP contribution in [-0.2, 0) is 0 Å². The molecule has 1 aromatic rings. The van der Waals surface area contributed by atoms with Gasteiger partial charge in [-0.3, -0.25) is 0 Å². The lowest BCUT2D eigenvalue weighted by atomic mass is 10.3. The van der Waals surface area contributed by atoms with E-state index in [0.717, 1.165) is 0 Å². The highest BCUT2D eigenvalue weighted by atomic mass is 32.2. The molecule has 0 saturated heterocycles. The summed E-state index contributed by atoms with van der Waals surface area (Å²) in [5.74, 6) is -0.181. The summed E-state index contributed by atoms with van der Waals surface area (Å²) in [6, 6.07) is 6.76. The van der Waals surface area contributed by atoms with E-state index in [1.54, 1.807) is 24.1 Å². The second-order valence-electron chi connectivity index (χ2n) is 3.63. The molecule has 1 fully saturated rings. The Balaban J connectivity index is 1.97. The predicted molar refractivity (Wildman–Crippen MR) is 55.3 cm³/mol. The average Bonchev–Trinajstić information content (AvgIpc) is 2.83. The molecular formula is C10H12FNS. The van der Waals surface area contributed by atoms with E-state index >= 15 is 0 Å². The molecular weight excluding hydrogens is 185 g/mol. The van der Waals surface area contributed by atoms with E-state index in [4.69, 9.17) is 0 Å². The standard InChI is InChI=1S/C10H12FNS/c1-10(6-7-10)13-12-9-5-3-2-4-8(9)11/h2-5,12H,6-7H2,1H3. The molecule has 0 unspecified atom stereocenters. The third-order valence-electron chi connectivity index (χ3n) is 2.24. The molecule has 70 valence electrons. The Kier molecular flexibility index (Phi) is 2.20. The number of halogens is 1. The lowest BCUT2D eigenvalue weighted by Gasteiger charge is -2.10. The average molecular weight is 197 g/mol. The quantitative estimate of drug-likeness (QED) is 0.745. The Morgan fingerprint density at radius 3 is 2.69 bits per heavy atom. The van der Waals surface area contributed by atoms with E-state index in [2.05, 4.69) is 11.6 Å². The van der Waals surface area contributed by atoms with Crippen molar-refractivity contribution in [3.63, 3.8) is 0 Å². The van der Waals surface area contributed by atoms with Gasteiger partial charge in [0.15, 0.2) is 0 Å². The van der Waals surface area contributed by atoms with E-state index in [-0.39, 0.29) is 5.82 Å². The second-order valence-corrected chi connectivity index (χ2v) is 5.03. The van der Waals surface area contributed by atoms with Crippen LogP contribution in [0, 0.1) is 5.82 Å². The molecule has 1 N–H and O–H groups in total. The molecule has 1 nitrogen and oxygen atoms in total. The van der Waals surface area contributed by atoms with Crippen LogP contribution < -0.4 is 4.72 Å². The van der Waals surface area contributed by atoms with Crippen molar-refractivity contribution in [1.29, 1.82) is 0 Å². The van der Waals surface area contributed by atoms with Gasteiger partial charge < -0.3 is 4.72 Å². The molecule has 0 heterocycles. The summed E-state index contributed by atoms with van der Waals surface area (Å²) in [7, 11) is 0. The topological polar surface area (TPSA) is 12.0 Å². The first-order valence-corrected chi connectivity index (χ1v) is 5.20. The highest BCUT2D eigenvalue weighted by molar-refractivity contribution is 8.02. The van der Waals surface area contributed by atoms with E-state index in [1.807, 2.05) is 6.07 Å². The fourth-order valence-electron chi connectivity index (χ4n) is 1.00. The Labute approximate surface area is 81.9 Å². The van der Waals surface area contributed by atoms with Crippen LogP contribution >= 0.6 is 11.9 Å². The molecule has 1 aliphatic rings. The van der Waals surface area contributed by atoms with Gasteiger partial charge in [-0.25, -0.2) is 4.39 Å². The van der Waals surface area contributed by atoms with Crippen molar-refractivity contribution in [1.82, 2.24) is 0 Å². The molecule has 0 spiro atoms. The minimum Gasteiger partial charge on any atom is -0.327 e. The maximum atomic E-state index is 13.1. The summed E-state index contributed by atoms with van der Waals surface area (Å²) < 4.78 is 16.5. The highest BCUT2D eigenvalue weighted by Gasteiger charge is 2.38. The molecule has 3 heteroatoms. The van der Waals surface area contributed by atoms with Crippen molar-refractivity contribution >= 4 is 17.6 Å². The molecule has 0 bridgehead atoms. The molecule has 0 amide bonds. The van der Waals surface area contributed by atoms with Crippen molar-refractivity contribution in [2.45, 2.75) is 24.5 Å². The van der Waals surface area contributed by atoms with Gasteiger partial charge in [-0.1, -0.05) is 12.1 Å². The normalized spacial score (nSPS) is 18.3. The summed E-state index contributed by atoms with van der Waals surface area (Å²) in [5.41, 5.74) is 0.584. The molecule has 0 atom stereocenters. The summed E-state index contributed by atoms with van der Waals surface area (Å²) >= 11 is 1.62. The molecule has 0 aromatic heterocycles. The minimum absolute atomic E-state index is 0.181. The fourth-order valence-corrected chi connectivity index (χ4v) is 1.83. The van der Waals surface area contributed by atoms with E-state index in [0.29, 0.717) is 10.4 Å². The molecule has 0 aliphatic heterocycles. The monoisotopic (exact) mass is 197 g/mol. The number of benzene rings is 1. The van der Waals surface area contributed by atoms with Crippen LogP contribution in [0.3, 0.4) is 0 Å². The number of hydrogen-bond acceptors (Lipinski definition) is 2. The molecule has 2 rings (SSSR count). The van der Waals surface area contributed by atoms with Crippen LogP contribution in [0.5, 0.6) is 0 Å². The van der Waals surface area contributed by atoms with Gasteiger partial charge in [0, 0.05) is 4.75 Å². The van der Waals surface area contributed by atoms with Crippen LogP contribution in [-0.4, -0.2) is 4.75 Å². The van der Waals surface area contributed by atoms with Crippen LogP contribution in [0.15, 0.2) is 24.3 Å². The third-order valence-corrected chi connectivity index (χ3v) is 3.46. The van der Waals surface area contributed by atoms with E-state index in [1.165, 1.54) is 18.9 Å². The number of hydrogen-bond donors (Lipinski definition) is 1. The molecule has 1 aliphatic carbocycles. The first-order valence-electron chi connectivity index (χ1n) is 4.38. The number of rotatable bonds is 3. The summed E-state index contributed by atoms with van der Waals surface area (Å²) in [6.45, 7) is 2.19. The smallest absolute Gasteiger partial charge is 0.147 e. The summed E-state index contributed by atoms with van der Waals surface area (Å²) in [6.07, 6.45) is 2.44. The van der Waals surface area contributed by atoms with Crippen molar-refractivity contribution in [3.8, 4) is 0 Å². The first kappa shape index (κ1) is 8.88. The van der Waals surface area contributed by atoms with Crippen LogP contribution in [0.1, 0.15) is 19.8 Å². The lowest BCUT2D eigenvalue weighted by molar-refractivity contribution is 0.632. The zero-order valence-electron chi connectivity index (χ0n) is 7.51. The molecule has 1 saturated carbocycles. The van der Waals surface area contributed by atoms with Gasteiger partial charge in [-0.2, -0.15) is 0 Å². The Morgan fingerprint density at radius 1 is 1.38 bits per heavy atom. The lowest BCUT2D eigenvalue weighted by Crippen LogP contribution is -2.00. The van der Waals surface area contributed by atoms with Gasteiger partial charge in [0.25, 0.3) is 0 Å². The van der Waals surface area contributed by atoms with E-state index in [9.17, 15) is 4.39 Å². The highest BCUT2D eigenvalue weighted by Crippen LogP contribution is 2.47. The zero-order chi connectivity index (χ0) is 9.31. The zero-order valence-corrected chi connectivity index (χ0v) is 8.33. The van der Waals surface area contributed by atoms with Crippen molar-refractivity contribution < 1.29 is 4.39 Å². The van der Waals surface area contributed by atoms with Gasteiger partial charge in [0.2, 0.25) is 0 Å². The maximum absolute atomic E-state index is 13.1. The predicted octanol–water partition coefficient (Wildman–Crippen LogP) is 3.44.